The molecule has 3 atom stereocenters. The minimum absolute atomic E-state index is 0.00559. The Morgan fingerprint density at radius 3 is 2.79 bits per heavy atom. The van der Waals surface area contributed by atoms with Crippen LogP contribution in [-0.4, -0.2) is 36.8 Å². The third-order valence-corrected chi connectivity index (χ3v) is 8.43. The lowest BCUT2D eigenvalue weighted by Gasteiger charge is -2.57. The number of benzene rings is 1. The summed E-state index contributed by atoms with van der Waals surface area (Å²) < 4.78 is 5.51. The number of hydrogen-bond donors (Lipinski definition) is 1. The molecule has 1 heterocycles. The maximum atomic E-state index is 11.2. The van der Waals surface area contributed by atoms with Crippen molar-refractivity contribution in [1.82, 2.24) is 4.90 Å². The Hall–Kier alpha value is -1.48. The monoisotopic (exact) mass is 381 g/mol. The molecule has 0 spiro atoms. The van der Waals surface area contributed by atoms with Gasteiger partial charge < -0.3 is 14.7 Å². The van der Waals surface area contributed by atoms with E-state index in [4.69, 9.17) is 4.74 Å². The summed E-state index contributed by atoms with van der Waals surface area (Å²) in [5.41, 5.74) is 4.20. The van der Waals surface area contributed by atoms with Crippen LogP contribution < -0.4 is 4.74 Å². The van der Waals surface area contributed by atoms with Crippen LogP contribution >= 0.6 is 0 Å². The van der Waals surface area contributed by atoms with Gasteiger partial charge in [-0.2, -0.15) is 0 Å². The van der Waals surface area contributed by atoms with Crippen LogP contribution in [0.4, 0.5) is 0 Å². The smallest absolute Gasteiger partial charge is 0.162 e. The fourth-order valence-corrected chi connectivity index (χ4v) is 7.07. The Bertz CT molecular complexity index is 779. The first-order valence-corrected chi connectivity index (χ1v) is 11.4. The highest BCUT2D eigenvalue weighted by molar-refractivity contribution is 5.58. The van der Waals surface area contributed by atoms with Crippen molar-refractivity contribution in [1.29, 1.82) is 0 Å². The summed E-state index contributed by atoms with van der Waals surface area (Å²) in [5, 5.41) is 11.2. The Balaban J connectivity index is 1.59. The highest BCUT2D eigenvalue weighted by atomic mass is 16.5. The van der Waals surface area contributed by atoms with E-state index in [0.29, 0.717) is 23.5 Å². The van der Waals surface area contributed by atoms with Crippen molar-refractivity contribution in [2.75, 3.05) is 20.7 Å². The standard InChI is InChI=1S/C25H35NO2/c1-26-13-12-25-16-18(14-17-6-4-3-5-7-17)8-10-20(25)21(26)15-19-9-11-22(28-2)24(27)23(19)25/h9,11,16-17,20-21,27H,3-8,10,12-15H2,1-2H3/t20-,21-,25-/m0/s1. The van der Waals surface area contributed by atoms with Gasteiger partial charge in [0.05, 0.1) is 7.11 Å². The van der Waals surface area contributed by atoms with Gasteiger partial charge in [0.2, 0.25) is 0 Å². The van der Waals surface area contributed by atoms with Crippen molar-refractivity contribution in [3.05, 3.63) is 34.9 Å². The lowest BCUT2D eigenvalue weighted by molar-refractivity contribution is 0.0416. The van der Waals surface area contributed by atoms with Gasteiger partial charge >= 0.3 is 0 Å². The topological polar surface area (TPSA) is 32.7 Å². The maximum absolute atomic E-state index is 11.2. The van der Waals surface area contributed by atoms with Gasteiger partial charge in [-0.25, -0.2) is 0 Å². The first-order valence-electron chi connectivity index (χ1n) is 11.4. The third-order valence-electron chi connectivity index (χ3n) is 8.43. The number of ether oxygens (including phenoxy) is 1. The van der Waals surface area contributed by atoms with Crippen LogP contribution in [0, 0.1) is 11.8 Å². The SMILES string of the molecule is COc1ccc2c(c1O)[C@@]13C=C(CC4CCCCC4)CC[C@H]1[C@H](C2)N(C)CC3. The predicted octanol–water partition coefficient (Wildman–Crippen LogP) is 5.21. The molecule has 0 unspecified atom stereocenters. The Morgan fingerprint density at radius 1 is 1.18 bits per heavy atom. The normalized spacial score (nSPS) is 33.0. The van der Waals surface area contributed by atoms with Crippen molar-refractivity contribution < 1.29 is 9.84 Å². The number of aromatic hydroxyl groups is 1. The van der Waals surface area contributed by atoms with E-state index < -0.39 is 0 Å². The van der Waals surface area contributed by atoms with Crippen LogP contribution in [0.2, 0.25) is 0 Å². The van der Waals surface area contributed by atoms with Gasteiger partial charge in [-0.05, 0) is 69.2 Å². The van der Waals surface area contributed by atoms with Gasteiger partial charge in [0.15, 0.2) is 11.5 Å². The summed E-state index contributed by atoms with van der Waals surface area (Å²) in [4.78, 5) is 2.58. The molecule has 1 N–H and O–H groups in total. The zero-order valence-electron chi connectivity index (χ0n) is 17.5. The van der Waals surface area contributed by atoms with Gasteiger partial charge in [-0.1, -0.05) is 49.8 Å². The Labute approximate surface area is 169 Å². The number of hydrogen-bond acceptors (Lipinski definition) is 3. The fourth-order valence-electron chi connectivity index (χ4n) is 7.07. The van der Waals surface area contributed by atoms with Gasteiger partial charge in [-0.3, -0.25) is 0 Å². The molecule has 1 aromatic rings. The van der Waals surface area contributed by atoms with E-state index in [2.05, 4.69) is 24.1 Å². The second kappa shape index (κ2) is 7.09. The van der Waals surface area contributed by atoms with E-state index in [1.54, 1.807) is 12.7 Å². The molecule has 2 fully saturated rings. The van der Waals surface area contributed by atoms with Crippen LogP contribution in [0.3, 0.4) is 0 Å². The van der Waals surface area contributed by atoms with Crippen LogP contribution in [0.15, 0.2) is 23.8 Å². The van der Waals surface area contributed by atoms with Gasteiger partial charge in [-0.15, -0.1) is 0 Å². The molecule has 1 aromatic carbocycles. The zero-order chi connectivity index (χ0) is 19.3. The van der Waals surface area contributed by atoms with E-state index in [-0.39, 0.29) is 5.41 Å². The molecule has 28 heavy (non-hydrogen) atoms. The number of allylic oxidation sites excluding steroid dienone is 2. The molecule has 1 aliphatic heterocycles. The summed E-state index contributed by atoms with van der Waals surface area (Å²) in [7, 11) is 3.96. The second-order valence-corrected chi connectivity index (χ2v) is 9.85. The Kier molecular flexibility index (Phi) is 4.70. The number of fused-ring (bicyclic) bond motifs is 1. The molecule has 3 heteroatoms. The number of methoxy groups -OCH3 is 1. The molecular weight excluding hydrogens is 346 g/mol. The van der Waals surface area contributed by atoms with E-state index in [0.717, 1.165) is 25.3 Å². The number of phenols is 1. The van der Waals surface area contributed by atoms with E-state index in [1.165, 1.54) is 62.5 Å². The van der Waals surface area contributed by atoms with E-state index >= 15 is 0 Å². The molecule has 4 aliphatic rings. The average Bonchev–Trinajstić information content (AvgIpc) is 2.71. The average molecular weight is 382 g/mol. The number of rotatable bonds is 3. The minimum atomic E-state index is 0.00559. The summed E-state index contributed by atoms with van der Waals surface area (Å²) in [6.45, 7) is 1.12. The third kappa shape index (κ3) is 2.81. The maximum Gasteiger partial charge on any atom is 0.162 e. The number of likely N-dealkylation sites (N-methyl/N-ethyl adjacent to an activating group) is 1. The largest absolute Gasteiger partial charge is 0.504 e. The lowest BCUT2D eigenvalue weighted by Crippen LogP contribution is -2.59. The molecular formula is C25H35NO2. The number of likely N-dealkylation sites (tertiary alicyclic amines) is 1. The van der Waals surface area contributed by atoms with Crippen molar-refractivity contribution in [2.45, 2.75) is 75.7 Å². The Morgan fingerprint density at radius 2 is 2.00 bits per heavy atom. The van der Waals surface area contributed by atoms with E-state index in [1.807, 2.05) is 6.07 Å². The van der Waals surface area contributed by atoms with Crippen LogP contribution in [0.1, 0.15) is 68.9 Å². The molecule has 1 saturated heterocycles. The summed E-state index contributed by atoms with van der Waals surface area (Å²) in [6.07, 6.45) is 15.7. The number of nitrogens with zero attached hydrogens (tertiary/aromatic N) is 1. The number of piperidine rings is 1. The van der Waals surface area contributed by atoms with Gasteiger partial charge in [0.25, 0.3) is 0 Å². The first kappa shape index (κ1) is 18.5. The molecule has 0 aromatic heterocycles. The molecule has 152 valence electrons. The quantitative estimate of drug-likeness (QED) is 0.730. The van der Waals surface area contributed by atoms with Crippen LogP contribution in [0.25, 0.3) is 0 Å². The van der Waals surface area contributed by atoms with Crippen LogP contribution in [-0.2, 0) is 11.8 Å². The minimum Gasteiger partial charge on any atom is -0.504 e. The zero-order valence-corrected chi connectivity index (χ0v) is 17.5. The lowest BCUT2D eigenvalue weighted by atomic mass is 9.53. The van der Waals surface area contributed by atoms with Crippen molar-refractivity contribution in [2.24, 2.45) is 11.8 Å². The number of phenolic OH excluding ortho intramolecular Hbond substituents is 1. The molecule has 0 amide bonds. The molecule has 2 bridgehead atoms. The molecule has 0 radical (unpaired) electrons. The summed E-state index contributed by atoms with van der Waals surface area (Å²) >= 11 is 0. The van der Waals surface area contributed by atoms with Crippen molar-refractivity contribution in [3.8, 4) is 11.5 Å². The molecule has 1 saturated carbocycles. The second-order valence-electron chi connectivity index (χ2n) is 9.85. The highest BCUT2D eigenvalue weighted by Crippen LogP contribution is 2.58. The highest BCUT2D eigenvalue weighted by Gasteiger charge is 2.54. The predicted molar refractivity (Wildman–Crippen MR) is 113 cm³/mol. The molecule has 3 aliphatic carbocycles. The molecule has 5 rings (SSSR count). The molecule has 3 nitrogen and oxygen atoms in total. The first-order chi connectivity index (χ1) is 13.6. The summed E-state index contributed by atoms with van der Waals surface area (Å²) in [5.74, 6) is 2.55. The fraction of sp³-hybridized carbons (Fsp3) is 0.680. The van der Waals surface area contributed by atoms with Crippen molar-refractivity contribution >= 4 is 0 Å². The van der Waals surface area contributed by atoms with Gasteiger partial charge in [0, 0.05) is 17.0 Å². The van der Waals surface area contributed by atoms with Crippen LogP contribution in [0.5, 0.6) is 11.5 Å². The van der Waals surface area contributed by atoms with Crippen molar-refractivity contribution in [3.63, 3.8) is 0 Å². The summed E-state index contributed by atoms with van der Waals surface area (Å²) in [6, 6.07) is 4.76. The van der Waals surface area contributed by atoms with E-state index in [9.17, 15) is 5.11 Å². The van der Waals surface area contributed by atoms with Gasteiger partial charge in [0.1, 0.15) is 0 Å².